The Morgan fingerprint density at radius 1 is 1.00 bits per heavy atom. The van der Waals surface area contributed by atoms with Gasteiger partial charge in [-0.3, -0.25) is 9.80 Å². The average molecular weight is 411 g/mol. The van der Waals surface area contributed by atoms with Gasteiger partial charge in [0.15, 0.2) is 11.5 Å². The predicted octanol–water partition coefficient (Wildman–Crippen LogP) is 3.35. The van der Waals surface area contributed by atoms with E-state index in [9.17, 15) is 0 Å². The van der Waals surface area contributed by atoms with Crippen LogP contribution in [0.25, 0.3) is 0 Å². The normalized spacial score (nSPS) is 22.1. The number of aliphatic hydroxyl groups excluding tert-OH is 1. The van der Waals surface area contributed by atoms with Crippen molar-refractivity contribution < 1.29 is 14.6 Å². The van der Waals surface area contributed by atoms with E-state index in [1.807, 2.05) is 13.0 Å². The molecule has 0 radical (unpaired) electrons. The van der Waals surface area contributed by atoms with Gasteiger partial charge >= 0.3 is 0 Å². The van der Waals surface area contributed by atoms with Crippen LogP contribution < -0.4 is 9.47 Å². The van der Waals surface area contributed by atoms with Crippen LogP contribution in [-0.2, 0) is 13.0 Å². The zero-order valence-corrected chi connectivity index (χ0v) is 18.0. The van der Waals surface area contributed by atoms with Crippen molar-refractivity contribution in [3.8, 4) is 11.5 Å². The van der Waals surface area contributed by atoms with E-state index in [0.717, 1.165) is 31.8 Å². The molecular formula is C25H34N2O3. The number of rotatable bonds is 9. The summed E-state index contributed by atoms with van der Waals surface area (Å²) in [4.78, 5) is 5.36. The average Bonchev–Trinajstić information content (AvgIpc) is 3.21. The van der Waals surface area contributed by atoms with Gasteiger partial charge in [-0.1, -0.05) is 36.4 Å². The summed E-state index contributed by atoms with van der Waals surface area (Å²) in [6.45, 7) is 7.30. The summed E-state index contributed by atoms with van der Waals surface area (Å²) in [5, 5.41) is 9.07. The maximum atomic E-state index is 9.07. The Balaban J connectivity index is 1.51. The van der Waals surface area contributed by atoms with Crippen molar-refractivity contribution in [3.05, 3.63) is 59.7 Å². The molecule has 2 aliphatic heterocycles. The third-order valence-electron chi connectivity index (χ3n) is 6.26. The molecule has 4 rings (SSSR count). The topological polar surface area (TPSA) is 45.2 Å². The number of ether oxygens (including phenoxy) is 2. The second kappa shape index (κ2) is 10.3. The summed E-state index contributed by atoms with van der Waals surface area (Å²) < 4.78 is 11.5. The number of hydrogen-bond donors (Lipinski definition) is 1. The van der Waals surface area contributed by atoms with Gasteiger partial charge in [-0.2, -0.15) is 0 Å². The molecule has 2 aromatic rings. The van der Waals surface area contributed by atoms with Gasteiger partial charge in [0.2, 0.25) is 0 Å². The second-order valence-corrected chi connectivity index (χ2v) is 8.35. The molecule has 0 spiro atoms. The van der Waals surface area contributed by atoms with Crippen molar-refractivity contribution in [2.24, 2.45) is 0 Å². The molecule has 2 saturated heterocycles. The van der Waals surface area contributed by atoms with E-state index in [-0.39, 0.29) is 13.2 Å². The molecule has 5 nitrogen and oxygen atoms in total. The molecule has 1 N–H and O–H groups in total. The smallest absolute Gasteiger partial charge is 0.161 e. The minimum Gasteiger partial charge on any atom is -0.490 e. The molecule has 0 aliphatic carbocycles. The van der Waals surface area contributed by atoms with Crippen LogP contribution in [0, 0.1) is 0 Å². The quantitative estimate of drug-likeness (QED) is 0.687. The third kappa shape index (κ3) is 5.15. The molecule has 2 aromatic carbocycles. The lowest BCUT2D eigenvalue weighted by Crippen LogP contribution is -2.56. The highest BCUT2D eigenvalue weighted by Crippen LogP contribution is 2.31. The zero-order valence-electron chi connectivity index (χ0n) is 18.0. The van der Waals surface area contributed by atoms with E-state index in [1.165, 1.54) is 30.5 Å². The molecule has 5 heteroatoms. The van der Waals surface area contributed by atoms with Crippen LogP contribution in [0.4, 0.5) is 0 Å². The Morgan fingerprint density at radius 2 is 1.87 bits per heavy atom. The van der Waals surface area contributed by atoms with Gasteiger partial charge in [0.05, 0.1) is 13.2 Å². The van der Waals surface area contributed by atoms with Gasteiger partial charge in [0, 0.05) is 31.7 Å². The zero-order chi connectivity index (χ0) is 20.8. The van der Waals surface area contributed by atoms with Gasteiger partial charge in [-0.05, 0) is 56.0 Å². The molecule has 0 bridgehead atoms. The fourth-order valence-corrected chi connectivity index (χ4v) is 4.85. The van der Waals surface area contributed by atoms with Crippen LogP contribution in [0.3, 0.4) is 0 Å². The summed E-state index contributed by atoms with van der Waals surface area (Å²) in [7, 11) is 0. The van der Waals surface area contributed by atoms with Gasteiger partial charge in [0.25, 0.3) is 0 Å². The van der Waals surface area contributed by atoms with Crippen molar-refractivity contribution in [3.63, 3.8) is 0 Å². The van der Waals surface area contributed by atoms with Crippen LogP contribution in [0.15, 0.2) is 48.5 Å². The lowest BCUT2D eigenvalue weighted by atomic mass is 9.99. The molecule has 0 unspecified atom stereocenters. The fourth-order valence-electron chi connectivity index (χ4n) is 4.85. The highest BCUT2D eigenvalue weighted by molar-refractivity contribution is 5.43. The molecule has 2 atom stereocenters. The third-order valence-corrected chi connectivity index (χ3v) is 6.26. The number of piperazine rings is 1. The Labute approximate surface area is 180 Å². The molecule has 30 heavy (non-hydrogen) atoms. The summed E-state index contributed by atoms with van der Waals surface area (Å²) in [6, 6.07) is 18.3. The number of fused-ring (bicyclic) bond motifs is 1. The first-order chi connectivity index (χ1) is 14.8. The van der Waals surface area contributed by atoms with E-state index in [2.05, 4.69) is 52.3 Å². The highest BCUT2D eigenvalue weighted by atomic mass is 16.5. The first-order valence-electron chi connectivity index (χ1n) is 11.3. The number of hydrogen-bond acceptors (Lipinski definition) is 5. The van der Waals surface area contributed by atoms with Crippen LogP contribution in [0.5, 0.6) is 11.5 Å². The van der Waals surface area contributed by atoms with Gasteiger partial charge in [-0.15, -0.1) is 0 Å². The Kier molecular flexibility index (Phi) is 7.26. The number of aliphatic hydroxyl groups is 1. The molecule has 0 amide bonds. The molecular weight excluding hydrogens is 376 g/mol. The van der Waals surface area contributed by atoms with Crippen LogP contribution in [0.1, 0.15) is 30.9 Å². The monoisotopic (exact) mass is 410 g/mol. The largest absolute Gasteiger partial charge is 0.490 e. The predicted molar refractivity (Wildman–Crippen MR) is 119 cm³/mol. The number of benzene rings is 2. The lowest BCUT2D eigenvalue weighted by Gasteiger charge is -2.44. The SMILES string of the molecule is CCOc1cc(CN2C[C@@H]3CCCN3C[C@@H]2Cc2ccccc2)ccc1OCCO. The first kappa shape index (κ1) is 21.2. The number of nitrogens with zero attached hydrogens (tertiary/aromatic N) is 2. The molecule has 0 aromatic heterocycles. The summed E-state index contributed by atoms with van der Waals surface area (Å²) >= 11 is 0. The fraction of sp³-hybridized carbons (Fsp3) is 0.520. The van der Waals surface area contributed by atoms with Gasteiger partial charge in [0.1, 0.15) is 6.61 Å². The van der Waals surface area contributed by atoms with Crippen molar-refractivity contribution in [1.82, 2.24) is 9.80 Å². The Hall–Kier alpha value is -2.08. The van der Waals surface area contributed by atoms with Crippen LogP contribution in [0.2, 0.25) is 0 Å². The van der Waals surface area contributed by atoms with E-state index in [1.54, 1.807) is 0 Å². The van der Waals surface area contributed by atoms with Crippen LogP contribution in [-0.4, -0.2) is 66.4 Å². The van der Waals surface area contributed by atoms with Crippen molar-refractivity contribution >= 4 is 0 Å². The van der Waals surface area contributed by atoms with Crippen molar-refractivity contribution in [2.45, 2.75) is 44.8 Å². The van der Waals surface area contributed by atoms with Gasteiger partial charge < -0.3 is 14.6 Å². The molecule has 162 valence electrons. The Morgan fingerprint density at radius 3 is 2.67 bits per heavy atom. The molecule has 2 aliphatic rings. The second-order valence-electron chi connectivity index (χ2n) is 8.35. The molecule has 2 fully saturated rings. The minimum absolute atomic E-state index is 0.000147. The van der Waals surface area contributed by atoms with E-state index >= 15 is 0 Å². The highest BCUT2D eigenvalue weighted by Gasteiger charge is 2.36. The standard InChI is InChI=1S/C25H34N2O3/c1-2-29-25-16-21(10-11-24(25)30-14-13-28)17-27-18-22-9-6-12-26(22)19-23(27)15-20-7-4-3-5-8-20/h3-5,7-8,10-11,16,22-23,28H,2,6,9,12-15,17-19H2,1H3/t22-,23-/m0/s1. The maximum Gasteiger partial charge on any atom is 0.161 e. The van der Waals surface area contributed by atoms with Gasteiger partial charge in [-0.25, -0.2) is 0 Å². The van der Waals surface area contributed by atoms with E-state index < -0.39 is 0 Å². The molecule has 0 saturated carbocycles. The van der Waals surface area contributed by atoms with E-state index in [4.69, 9.17) is 14.6 Å². The minimum atomic E-state index is 0.000147. The first-order valence-corrected chi connectivity index (χ1v) is 11.3. The van der Waals surface area contributed by atoms with Crippen molar-refractivity contribution in [2.75, 3.05) is 39.5 Å². The lowest BCUT2D eigenvalue weighted by molar-refractivity contribution is 0.0455. The van der Waals surface area contributed by atoms with Crippen LogP contribution >= 0.6 is 0 Å². The van der Waals surface area contributed by atoms with E-state index in [0.29, 0.717) is 24.4 Å². The van der Waals surface area contributed by atoms with Crippen molar-refractivity contribution in [1.29, 1.82) is 0 Å². The summed E-state index contributed by atoms with van der Waals surface area (Å²) in [5.41, 5.74) is 2.66. The Bertz CT molecular complexity index is 798. The summed E-state index contributed by atoms with van der Waals surface area (Å²) in [5.74, 6) is 1.47. The maximum absolute atomic E-state index is 9.07. The summed E-state index contributed by atoms with van der Waals surface area (Å²) in [6.07, 6.45) is 3.72. The molecule has 2 heterocycles.